The molecular weight excluding hydrogens is 414 g/mol. The van der Waals surface area contributed by atoms with E-state index in [2.05, 4.69) is 20.9 Å². The SMILES string of the molecule is O=C1Cn2c(cnc2-c2ccccc2Br)CN1CCc1cccc(Cl)c1. The van der Waals surface area contributed by atoms with Crippen molar-refractivity contribution in [2.24, 2.45) is 0 Å². The monoisotopic (exact) mass is 429 g/mol. The average molecular weight is 431 g/mol. The number of benzene rings is 2. The number of rotatable bonds is 4. The molecule has 132 valence electrons. The Kier molecular flexibility index (Phi) is 4.83. The van der Waals surface area contributed by atoms with Crippen molar-refractivity contribution in [1.29, 1.82) is 0 Å². The summed E-state index contributed by atoms with van der Waals surface area (Å²) in [6.07, 6.45) is 2.66. The second-order valence-electron chi connectivity index (χ2n) is 6.33. The second kappa shape index (κ2) is 7.25. The van der Waals surface area contributed by atoms with Gasteiger partial charge in [0.15, 0.2) is 0 Å². The van der Waals surface area contributed by atoms with Gasteiger partial charge >= 0.3 is 0 Å². The van der Waals surface area contributed by atoms with Gasteiger partial charge in [-0.1, -0.05) is 57.9 Å². The third-order valence-electron chi connectivity index (χ3n) is 4.61. The Morgan fingerprint density at radius 3 is 2.77 bits per heavy atom. The van der Waals surface area contributed by atoms with E-state index >= 15 is 0 Å². The maximum atomic E-state index is 12.7. The first-order valence-corrected chi connectivity index (χ1v) is 9.60. The van der Waals surface area contributed by atoms with Gasteiger partial charge in [0.1, 0.15) is 12.4 Å². The van der Waals surface area contributed by atoms with Crippen molar-refractivity contribution in [1.82, 2.24) is 14.5 Å². The molecule has 0 saturated heterocycles. The van der Waals surface area contributed by atoms with E-state index in [0.717, 1.165) is 38.6 Å². The van der Waals surface area contributed by atoms with Crippen LogP contribution in [0.5, 0.6) is 0 Å². The standard InChI is InChI=1S/C20H17BrClN3O/c21-18-7-2-1-6-17(18)20-23-11-16-12-24(19(26)13-25(16)20)9-8-14-4-3-5-15(22)10-14/h1-7,10-11H,8-9,12-13H2. The van der Waals surface area contributed by atoms with Crippen LogP contribution in [-0.4, -0.2) is 26.9 Å². The third kappa shape index (κ3) is 3.41. The van der Waals surface area contributed by atoms with Crippen LogP contribution in [-0.2, 0) is 24.3 Å². The number of carbonyl (C=O) groups excluding carboxylic acids is 1. The number of halogens is 2. The summed E-state index contributed by atoms with van der Waals surface area (Å²) in [4.78, 5) is 19.1. The fourth-order valence-electron chi connectivity index (χ4n) is 3.25. The van der Waals surface area contributed by atoms with E-state index in [9.17, 15) is 4.79 Å². The van der Waals surface area contributed by atoms with Gasteiger partial charge in [-0.25, -0.2) is 4.98 Å². The van der Waals surface area contributed by atoms with E-state index in [-0.39, 0.29) is 5.91 Å². The molecule has 3 aromatic rings. The van der Waals surface area contributed by atoms with Crippen LogP contribution in [0.1, 0.15) is 11.3 Å². The lowest BCUT2D eigenvalue weighted by Gasteiger charge is -2.29. The van der Waals surface area contributed by atoms with Gasteiger partial charge < -0.3 is 9.47 Å². The van der Waals surface area contributed by atoms with Crippen molar-refractivity contribution in [2.75, 3.05) is 6.54 Å². The highest BCUT2D eigenvalue weighted by Crippen LogP contribution is 2.29. The zero-order valence-electron chi connectivity index (χ0n) is 14.0. The zero-order chi connectivity index (χ0) is 18.1. The van der Waals surface area contributed by atoms with E-state index in [4.69, 9.17) is 11.6 Å². The van der Waals surface area contributed by atoms with E-state index < -0.39 is 0 Å². The Morgan fingerprint density at radius 2 is 1.96 bits per heavy atom. The van der Waals surface area contributed by atoms with E-state index in [1.165, 1.54) is 0 Å². The molecular formula is C20H17BrClN3O. The summed E-state index contributed by atoms with van der Waals surface area (Å²) in [5, 5.41) is 0.726. The summed E-state index contributed by atoms with van der Waals surface area (Å²) in [5.74, 6) is 0.946. The fourth-order valence-corrected chi connectivity index (χ4v) is 3.93. The van der Waals surface area contributed by atoms with Crippen LogP contribution in [0.25, 0.3) is 11.4 Å². The number of carbonyl (C=O) groups is 1. The lowest BCUT2D eigenvalue weighted by molar-refractivity contribution is -0.134. The minimum absolute atomic E-state index is 0.117. The summed E-state index contributed by atoms with van der Waals surface area (Å²) < 4.78 is 2.99. The van der Waals surface area contributed by atoms with Gasteiger partial charge in [0.2, 0.25) is 5.91 Å². The highest BCUT2D eigenvalue weighted by Gasteiger charge is 2.26. The number of nitrogens with zero attached hydrogens (tertiary/aromatic N) is 3. The zero-order valence-corrected chi connectivity index (χ0v) is 16.4. The quantitative estimate of drug-likeness (QED) is 0.609. The summed E-state index contributed by atoms with van der Waals surface area (Å²) in [6.45, 7) is 1.58. The van der Waals surface area contributed by atoms with Crippen molar-refractivity contribution in [2.45, 2.75) is 19.5 Å². The van der Waals surface area contributed by atoms with Crippen LogP contribution in [0.3, 0.4) is 0 Å². The molecule has 1 amide bonds. The fraction of sp³-hybridized carbons (Fsp3) is 0.200. The minimum atomic E-state index is 0.117. The van der Waals surface area contributed by atoms with Gasteiger partial charge in [0.05, 0.1) is 18.4 Å². The lowest BCUT2D eigenvalue weighted by Crippen LogP contribution is -2.40. The van der Waals surface area contributed by atoms with E-state index in [1.807, 2.05) is 64.2 Å². The molecule has 0 bridgehead atoms. The first-order valence-electron chi connectivity index (χ1n) is 8.43. The van der Waals surface area contributed by atoms with E-state index in [0.29, 0.717) is 19.6 Å². The molecule has 0 saturated carbocycles. The molecule has 26 heavy (non-hydrogen) atoms. The van der Waals surface area contributed by atoms with Crippen LogP contribution in [0.4, 0.5) is 0 Å². The van der Waals surface area contributed by atoms with Crippen molar-refractivity contribution in [3.8, 4) is 11.4 Å². The maximum absolute atomic E-state index is 12.7. The first kappa shape index (κ1) is 17.3. The first-order chi connectivity index (χ1) is 12.6. The molecule has 1 aliphatic rings. The highest BCUT2D eigenvalue weighted by molar-refractivity contribution is 9.10. The molecule has 1 aliphatic heterocycles. The van der Waals surface area contributed by atoms with Crippen LogP contribution < -0.4 is 0 Å². The van der Waals surface area contributed by atoms with Crippen molar-refractivity contribution in [3.63, 3.8) is 0 Å². The Labute approximate surface area is 165 Å². The number of aromatic nitrogens is 2. The number of fused-ring (bicyclic) bond motifs is 1. The summed E-state index contributed by atoms with van der Waals surface area (Å²) in [7, 11) is 0. The summed E-state index contributed by atoms with van der Waals surface area (Å²) in [5.41, 5.74) is 3.19. The topological polar surface area (TPSA) is 38.1 Å². The predicted octanol–water partition coefficient (Wildman–Crippen LogP) is 4.55. The molecule has 0 unspecified atom stereocenters. The summed E-state index contributed by atoms with van der Waals surface area (Å²) >= 11 is 9.61. The molecule has 0 radical (unpaired) electrons. The molecule has 6 heteroatoms. The lowest BCUT2D eigenvalue weighted by atomic mass is 10.1. The smallest absolute Gasteiger partial charge is 0.242 e. The van der Waals surface area contributed by atoms with Crippen molar-refractivity contribution >= 4 is 33.4 Å². The molecule has 0 fully saturated rings. The van der Waals surface area contributed by atoms with Gasteiger partial charge in [0.25, 0.3) is 0 Å². The van der Waals surface area contributed by atoms with Crippen molar-refractivity contribution < 1.29 is 4.79 Å². The number of hydrogen-bond acceptors (Lipinski definition) is 2. The molecule has 4 rings (SSSR count). The average Bonchev–Trinajstić information content (AvgIpc) is 3.02. The minimum Gasteiger partial charge on any atom is -0.335 e. The number of hydrogen-bond donors (Lipinski definition) is 0. The largest absolute Gasteiger partial charge is 0.335 e. The highest BCUT2D eigenvalue weighted by atomic mass is 79.9. The number of imidazole rings is 1. The van der Waals surface area contributed by atoms with Gasteiger partial charge in [-0.05, 0) is 30.2 Å². The Morgan fingerprint density at radius 1 is 1.12 bits per heavy atom. The molecule has 0 N–H and O–H groups in total. The van der Waals surface area contributed by atoms with Crippen LogP contribution in [0.15, 0.2) is 59.2 Å². The van der Waals surface area contributed by atoms with Gasteiger partial charge in [-0.2, -0.15) is 0 Å². The molecule has 2 heterocycles. The summed E-state index contributed by atoms with van der Waals surface area (Å²) in [6, 6.07) is 15.7. The molecule has 2 aromatic carbocycles. The Hall–Kier alpha value is -2.11. The van der Waals surface area contributed by atoms with Gasteiger partial charge in [-0.15, -0.1) is 0 Å². The van der Waals surface area contributed by atoms with Gasteiger partial charge in [-0.3, -0.25) is 4.79 Å². The molecule has 0 aliphatic carbocycles. The van der Waals surface area contributed by atoms with Crippen molar-refractivity contribution in [3.05, 3.63) is 75.5 Å². The molecule has 1 aromatic heterocycles. The molecule has 4 nitrogen and oxygen atoms in total. The van der Waals surface area contributed by atoms with Crippen LogP contribution >= 0.6 is 27.5 Å². The normalized spacial score (nSPS) is 13.8. The Balaban J connectivity index is 1.53. The molecule has 0 spiro atoms. The Bertz CT molecular complexity index is 969. The van der Waals surface area contributed by atoms with Crippen LogP contribution in [0.2, 0.25) is 5.02 Å². The maximum Gasteiger partial charge on any atom is 0.242 e. The predicted molar refractivity (Wildman–Crippen MR) is 106 cm³/mol. The molecule has 0 atom stereocenters. The van der Waals surface area contributed by atoms with E-state index in [1.54, 1.807) is 0 Å². The van der Waals surface area contributed by atoms with Gasteiger partial charge in [0, 0.05) is 21.6 Å². The second-order valence-corrected chi connectivity index (χ2v) is 7.63. The third-order valence-corrected chi connectivity index (χ3v) is 5.54. The van der Waals surface area contributed by atoms with Crippen LogP contribution in [0, 0.1) is 0 Å². The number of amides is 1.